The topological polar surface area (TPSA) is 0 Å². The molecule has 0 N–H and O–H groups in total. The Morgan fingerprint density at radius 3 is 1.62 bits per heavy atom. The van der Waals surface area contributed by atoms with Crippen molar-refractivity contribution in [2.75, 3.05) is 12.5 Å². The van der Waals surface area contributed by atoms with E-state index in [1.54, 1.807) is 8.47 Å². The molecule has 0 unspecified atom stereocenters. The zero-order valence-corrected chi connectivity index (χ0v) is 17.0. The van der Waals surface area contributed by atoms with Gasteiger partial charge in [-0.25, -0.2) is 0 Å². The molecule has 2 aliphatic heterocycles. The van der Waals surface area contributed by atoms with Gasteiger partial charge in [0, 0.05) is 9.79 Å². The Bertz CT molecular complexity index is 793. The van der Waals surface area contributed by atoms with Crippen molar-refractivity contribution in [2.24, 2.45) is 0 Å². The maximum atomic E-state index is 2.47. The monoisotopic (exact) mass is 388 g/mol. The van der Waals surface area contributed by atoms with Crippen molar-refractivity contribution >= 4 is 43.6 Å². The van der Waals surface area contributed by atoms with Crippen molar-refractivity contribution in [1.82, 2.24) is 0 Å². The van der Waals surface area contributed by atoms with Crippen LogP contribution in [0.5, 0.6) is 0 Å². The third-order valence-electron chi connectivity index (χ3n) is 4.17. The SMILES string of the molecule is CS1(C)C=CS/C1=C1\SC=CS1(c1ccccc1)c1ccccc1. The van der Waals surface area contributed by atoms with Crippen LogP contribution >= 0.6 is 43.6 Å². The Balaban J connectivity index is 2.01. The van der Waals surface area contributed by atoms with E-state index in [1.165, 1.54) is 9.79 Å². The van der Waals surface area contributed by atoms with Gasteiger partial charge in [0.25, 0.3) is 0 Å². The predicted molar refractivity (Wildman–Crippen MR) is 117 cm³/mol. The molecule has 0 aromatic heterocycles. The van der Waals surface area contributed by atoms with Crippen LogP contribution < -0.4 is 0 Å². The summed E-state index contributed by atoms with van der Waals surface area (Å²) in [5.41, 5.74) is 0. The van der Waals surface area contributed by atoms with Crippen LogP contribution in [0.4, 0.5) is 0 Å². The standard InChI is InChI=1S/C20H20S4/c1-23(2)15-13-21-19(23)20-22-14-16-24(20,17-9-5-3-6-10-17)18-11-7-4-8-12-18/h3-16H,1-2H3/b20-19-. The first kappa shape index (κ1) is 16.5. The van der Waals surface area contributed by atoms with Crippen LogP contribution in [-0.2, 0) is 0 Å². The maximum absolute atomic E-state index is 2.47. The summed E-state index contributed by atoms with van der Waals surface area (Å²) < 4.78 is 3.15. The molecular weight excluding hydrogens is 368 g/mol. The molecule has 0 saturated heterocycles. The molecule has 4 heteroatoms. The summed E-state index contributed by atoms with van der Waals surface area (Å²) in [5.74, 6) is 0. The van der Waals surface area contributed by atoms with Crippen LogP contribution in [0, 0.1) is 0 Å². The zero-order chi connectivity index (χ0) is 16.6. The molecule has 0 fully saturated rings. The lowest BCUT2D eigenvalue weighted by atomic mass is 10.4. The van der Waals surface area contributed by atoms with E-state index in [1.807, 2.05) is 23.5 Å². The van der Waals surface area contributed by atoms with Crippen molar-refractivity contribution in [1.29, 1.82) is 0 Å². The number of hydrogen-bond acceptors (Lipinski definition) is 2. The quantitative estimate of drug-likeness (QED) is 0.521. The minimum atomic E-state index is -1.29. The third kappa shape index (κ3) is 2.60. The fraction of sp³-hybridized carbons (Fsp3) is 0.100. The molecule has 0 saturated carbocycles. The molecule has 0 amide bonds. The van der Waals surface area contributed by atoms with Gasteiger partial charge in [0.15, 0.2) is 0 Å². The van der Waals surface area contributed by atoms with E-state index in [4.69, 9.17) is 0 Å². The Labute approximate surface area is 156 Å². The molecule has 2 aromatic carbocycles. The molecule has 4 rings (SSSR count). The summed E-state index contributed by atoms with van der Waals surface area (Å²) in [4.78, 5) is 2.87. The van der Waals surface area contributed by atoms with Gasteiger partial charge in [-0.15, -0.1) is 10.0 Å². The summed E-state index contributed by atoms with van der Waals surface area (Å²) in [5, 5.41) is 9.49. The van der Waals surface area contributed by atoms with Gasteiger partial charge in [0.1, 0.15) is 0 Å². The molecule has 0 nitrogen and oxygen atoms in total. The molecule has 0 radical (unpaired) electrons. The second-order valence-electron chi connectivity index (χ2n) is 6.05. The van der Waals surface area contributed by atoms with Gasteiger partial charge < -0.3 is 0 Å². The summed E-state index contributed by atoms with van der Waals surface area (Å²) in [7, 11) is -2.13. The molecule has 2 heterocycles. The minimum Gasteiger partial charge on any atom is -0.192 e. The molecule has 24 heavy (non-hydrogen) atoms. The van der Waals surface area contributed by atoms with Gasteiger partial charge in [0.05, 0.1) is 8.47 Å². The van der Waals surface area contributed by atoms with Crippen LogP contribution in [0.2, 0.25) is 0 Å². The second-order valence-corrected chi connectivity index (χ2v) is 14.8. The average Bonchev–Trinajstić information content (AvgIpc) is 3.19. The lowest BCUT2D eigenvalue weighted by molar-refractivity contribution is 1.37. The van der Waals surface area contributed by atoms with Crippen LogP contribution in [0.25, 0.3) is 0 Å². The van der Waals surface area contributed by atoms with E-state index in [-0.39, 0.29) is 0 Å². The highest BCUT2D eigenvalue weighted by atomic mass is 32.3. The molecule has 124 valence electrons. The zero-order valence-electron chi connectivity index (χ0n) is 13.7. The highest BCUT2D eigenvalue weighted by Gasteiger charge is 2.39. The Morgan fingerprint density at radius 2 is 1.12 bits per heavy atom. The third-order valence-corrected chi connectivity index (χ3v) is 14.4. The van der Waals surface area contributed by atoms with Gasteiger partial charge in [-0.1, -0.05) is 59.9 Å². The molecule has 2 aliphatic rings. The van der Waals surface area contributed by atoms with E-state index < -0.39 is 20.1 Å². The van der Waals surface area contributed by atoms with Crippen molar-refractivity contribution in [2.45, 2.75) is 9.79 Å². The maximum Gasteiger partial charge on any atom is 0.0583 e. The Kier molecular flexibility index (Phi) is 4.42. The van der Waals surface area contributed by atoms with Gasteiger partial charge in [-0.2, -0.15) is 10.0 Å². The van der Waals surface area contributed by atoms with Crippen molar-refractivity contribution in [3.05, 3.63) is 90.8 Å². The molecular formula is C20H20S4. The first-order valence-electron chi connectivity index (χ1n) is 7.72. The van der Waals surface area contributed by atoms with Gasteiger partial charge in [-0.05, 0) is 58.4 Å². The summed E-state index contributed by atoms with van der Waals surface area (Å²) in [6.45, 7) is 0. The van der Waals surface area contributed by atoms with E-state index in [9.17, 15) is 0 Å². The van der Waals surface area contributed by atoms with Crippen molar-refractivity contribution < 1.29 is 0 Å². The van der Waals surface area contributed by atoms with Gasteiger partial charge in [0.2, 0.25) is 0 Å². The molecule has 0 bridgehead atoms. The highest BCUT2D eigenvalue weighted by Crippen LogP contribution is 2.80. The Morgan fingerprint density at radius 1 is 0.625 bits per heavy atom. The fourth-order valence-corrected chi connectivity index (χ4v) is 14.2. The van der Waals surface area contributed by atoms with Crippen LogP contribution in [-0.4, -0.2) is 12.5 Å². The second kappa shape index (κ2) is 6.41. The summed E-state index contributed by atoms with van der Waals surface area (Å²) in [6.07, 6.45) is 4.82. The van der Waals surface area contributed by atoms with E-state index in [0.29, 0.717) is 0 Å². The van der Waals surface area contributed by atoms with Crippen LogP contribution in [0.3, 0.4) is 0 Å². The van der Waals surface area contributed by atoms with Gasteiger partial charge >= 0.3 is 0 Å². The molecule has 0 atom stereocenters. The molecule has 2 aromatic rings. The Hall–Kier alpha value is -0.940. The van der Waals surface area contributed by atoms with E-state index in [0.717, 1.165) is 0 Å². The van der Waals surface area contributed by atoms with Crippen molar-refractivity contribution in [3.63, 3.8) is 0 Å². The number of hydrogen-bond donors (Lipinski definition) is 0. The minimum absolute atomic E-state index is 0.836. The highest BCUT2D eigenvalue weighted by molar-refractivity contribution is 8.53. The lowest BCUT2D eigenvalue weighted by Gasteiger charge is -2.39. The smallest absolute Gasteiger partial charge is 0.0583 e. The fourth-order valence-electron chi connectivity index (χ4n) is 2.94. The molecule has 0 spiro atoms. The largest absolute Gasteiger partial charge is 0.192 e. The lowest BCUT2D eigenvalue weighted by Crippen LogP contribution is -2.01. The normalized spacial score (nSPS) is 26.4. The van der Waals surface area contributed by atoms with E-state index in [2.05, 4.69) is 94.8 Å². The first-order valence-corrected chi connectivity index (χ1v) is 13.7. The summed E-state index contributed by atoms with van der Waals surface area (Å²) in [6, 6.07) is 22.1. The summed E-state index contributed by atoms with van der Waals surface area (Å²) >= 11 is 3.87. The van der Waals surface area contributed by atoms with Crippen LogP contribution in [0.1, 0.15) is 0 Å². The molecule has 0 aliphatic carbocycles. The number of thioether (sulfide) groups is 2. The number of rotatable bonds is 2. The number of benzene rings is 2. The predicted octanol–water partition coefficient (Wildman–Crippen LogP) is 7.54. The van der Waals surface area contributed by atoms with E-state index >= 15 is 0 Å². The van der Waals surface area contributed by atoms with Crippen molar-refractivity contribution in [3.8, 4) is 0 Å². The average molecular weight is 389 g/mol. The first-order chi connectivity index (χ1) is 11.6. The van der Waals surface area contributed by atoms with Gasteiger partial charge in [-0.3, -0.25) is 0 Å². The van der Waals surface area contributed by atoms with Crippen LogP contribution in [0.15, 0.2) is 101 Å².